The number of alkyl halides is 1. The van der Waals surface area contributed by atoms with Crippen molar-refractivity contribution < 1.29 is 14.3 Å². The molecule has 0 aliphatic heterocycles. The molecule has 0 aromatic heterocycles. The van der Waals surface area contributed by atoms with Crippen LogP contribution in [0.2, 0.25) is 5.02 Å². The number of nitrogens with zero attached hydrogens (tertiary/aromatic N) is 1. The lowest BCUT2D eigenvalue weighted by molar-refractivity contribution is -0.140. The van der Waals surface area contributed by atoms with E-state index in [1.165, 1.54) is 11.3 Å². The average Bonchev–Trinajstić information content (AvgIpc) is 2.67. The Balaban J connectivity index is 2.30. The van der Waals surface area contributed by atoms with Crippen molar-refractivity contribution in [2.75, 3.05) is 26.1 Å². The first-order valence-corrected chi connectivity index (χ1v) is 10.3. The molecule has 150 valence electrons. The lowest BCUT2D eigenvalue weighted by Crippen LogP contribution is -2.49. The van der Waals surface area contributed by atoms with Crippen molar-refractivity contribution >= 4 is 35.0 Å². The molecule has 1 aliphatic carbocycles. The van der Waals surface area contributed by atoms with E-state index < -0.39 is 6.04 Å². The van der Waals surface area contributed by atoms with Gasteiger partial charge >= 0.3 is 0 Å². The van der Waals surface area contributed by atoms with Crippen LogP contribution < -0.4 is 5.32 Å². The van der Waals surface area contributed by atoms with E-state index in [0.29, 0.717) is 23.1 Å². The minimum Gasteiger partial charge on any atom is -0.383 e. The average molecular weight is 415 g/mol. The van der Waals surface area contributed by atoms with E-state index in [1.54, 1.807) is 31.4 Å². The molecule has 1 fully saturated rings. The van der Waals surface area contributed by atoms with Crippen molar-refractivity contribution in [1.29, 1.82) is 0 Å². The third-order valence-corrected chi connectivity index (χ3v) is 5.64. The fourth-order valence-corrected chi connectivity index (χ4v) is 3.85. The van der Waals surface area contributed by atoms with Gasteiger partial charge in [-0.2, -0.15) is 0 Å². The summed E-state index contributed by atoms with van der Waals surface area (Å²) in [5.74, 6) is -0.267. The van der Waals surface area contributed by atoms with E-state index in [-0.39, 0.29) is 30.3 Å². The molecule has 2 amide bonds. The van der Waals surface area contributed by atoms with Crippen molar-refractivity contribution in [1.82, 2.24) is 10.2 Å². The predicted octanol–water partition coefficient (Wildman–Crippen LogP) is 3.79. The van der Waals surface area contributed by atoms with Crippen LogP contribution in [0.1, 0.15) is 44.2 Å². The van der Waals surface area contributed by atoms with Gasteiger partial charge in [-0.25, -0.2) is 0 Å². The third-order valence-electron chi connectivity index (χ3n) is 5.16. The molecule has 0 heterocycles. The highest BCUT2D eigenvalue weighted by Gasteiger charge is 2.33. The summed E-state index contributed by atoms with van der Waals surface area (Å²) in [5, 5.41) is 3.74. The number of benzene rings is 1. The highest BCUT2D eigenvalue weighted by molar-refractivity contribution is 6.30. The monoisotopic (exact) mass is 414 g/mol. The number of methoxy groups -OCH3 is 1. The van der Waals surface area contributed by atoms with Crippen LogP contribution in [0.25, 0.3) is 0 Å². The molecule has 0 radical (unpaired) electrons. The molecule has 5 nitrogen and oxygen atoms in total. The lowest BCUT2D eigenvalue weighted by atomic mass is 9.85. The summed E-state index contributed by atoms with van der Waals surface area (Å²) in [6.07, 6.45) is 4.36. The first kappa shape index (κ1) is 22.0. The number of hydrogen-bond acceptors (Lipinski definition) is 3. The SMILES string of the molecule is COCCN(C(=O)CCl)C(C(=O)NC1CCCCC1C)c1ccc(Cl)cc1. The molecule has 1 aromatic carbocycles. The Labute approximate surface area is 171 Å². The van der Waals surface area contributed by atoms with Gasteiger partial charge in [0.2, 0.25) is 11.8 Å². The van der Waals surface area contributed by atoms with Crippen LogP contribution in [0.5, 0.6) is 0 Å². The number of nitrogens with one attached hydrogen (secondary N) is 1. The molecule has 0 bridgehead atoms. The number of halogens is 2. The van der Waals surface area contributed by atoms with Gasteiger partial charge in [-0.1, -0.05) is 43.5 Å². The normalized spacial score (nSPS) is 20.7. The van der Waals surface area contributed by atoms with Crippen molar-refractivity contribution in [3.8, 4) is 0 Å². The molecule has 1 aliphatic rings. The summed E-state index contributed by atoms with van der Waals surface area (Å²) in [6, 6.07) is 6.35. The maximum Gasteiger partial charge on any atom is 0.247 e. The summed E-state index contributed by atoms with van der Waals surface area (Å²) >= 11 is 11.8. The minimum atomic E-state index is -0.766. The minimum absolute atomic E-state index is 0.122. The molecule has 0 saturated heterocycles. The van der Waals surface area contributed by atoms with Crippen molar-refractivity contribution in [2.45, 2.75) is 44.7 Å². The second-order valence-corrected chi connectivity index (χ2v) is 7.75. The predicted molar refractivity (Wildman–Crippen MR) is 108 cm³/mol. The second kappa shape index (κ2) is 10.9. The maximum atomic E-state index is 13.2. The van der Waals surface area contributed by atoms with E-state index in [2.05, 4.69) is 12.2 Å². The van der Waals surface area contributed by atoms with E-state index in [1.807, 2.05) is 0 Å². The quantitative estimate of drug-likeness (QED) is 0.658. The molecule has 1 aromatic rings. The molecule has 3 unspecified atom stereocenters. The Morgan fingerprint density at radius 1 is 1.26 bits per heavy atom. The number of amides is 2. The van der Waals surface area contributed by atoms with Crippen LogP contribution in [0.4, 0.5) is 0 Å². The molecule has 1 N–H and O–H groups in total. The fourth-order valence-electron chi connectivity index (χ4n) is 3.57. The van der Waals surface area contributed by atoms with Gasteiger partial charge in [0.15, 0.2) is 0 Å². The van der Waals surface area contributed by atoms with E-state index >= 15 is 0 Å². The summed E-state index contributed by atoms with van der Waals surface area (Å²) in [6.45, 7) is 2.76. The van der Waals surface area contributed by atoms with Crippen molar-refractivity contribution in [3.05, 3.63) is 34.9 Å². The second-order valence-electron chi connectivity index (χ2n) is 7.04. The Morgan fingerprint density at radius 2 is 1.93 bits per heavy atom. The fraction of sp³-hybridized carbons (Fsp3) is 0.600. The number of ether oxygens (including phenoxy) is 1. The van der Waals surface area contributed by atoms with Crippen LogP contribution >= 0.6 is 23.2 Å². The molecular formula is C20H28Cl2N2O3. The lowest BCUT2D eigenvalue weighted by Gasteiger charge is -2.35. The largest absolute Gasteiger partial charge is 0.383 e. The Hall–Kier alpha value is -1.30. The van der Waals surface area contributed by atoms with E-state index in [0.717, 1.165) is 19.3 Å². The van der Waals surface area contributed by atoms with Gasteiger partial charge in [-0.05, 0) is 36.5 Å². The van der Waals surface area contributed by atoms with Crippen molar-refractivity contribution in [2.24, 2.45) is 5.92 Å². The smallest absolute Gasteiger partial charge is 0.247 e. The van der Waals surface area contributed by atoms with E-state index in [4.69, 9.17) is 27.9 Å². The molecule has 27 heavy (non-hydrogen) atoms. The Bertz CT molecular complexity index is 624. The summed E-state index contributed by atoms with van der Waals surface area (Å²) in [5.41, 5.74) is 0.704. The van der Waals surface area contributed by atoms with Crippen LogP contribution in [-0.2, 0) is 14.3 Å². The zero-order valence-corrected chi connectivity index (χ0v) is 17.4. The van der Waals surface area contributed by atoms with Crippen LogP contribution in [0, 0.1) is 5.92 Å². The van der Waals surface area contributed by atoms with Crippen LogP contribution in [0.3, 0.4) is 0 Å². The molecule has 3 atom stereocenters. The van der Waals surface area contributed by atoms with E-state index in [9.17, 15) is 9.59 Å². The zero-order valence-electron chi connectivity index (χ0n) is 15.9. The van der Waals surface area contributed by atoms with Crippen LogP contribution in [0.15, 0.2) is 24.3 Å². The number of hydrogen-bond donors (Lipinski definition) is 1. The first-order chi connectivity index (χ1) is 13.0. The van der Waals surface area contributed by atoms with Gasteiger partial charge in [0.25, 0.3) is 0 Å². The number of rotatable bonds is 8. The number of carbonyl (C=O) groups excluding carboxylic acids is 2. The van der Waals surface area contributed by atoms with Crippen molar-refractivity contribution in [3.63, 3.8) is 0 Å². The topological polar surface area (TPSA) is 58.6 Å². The molecule has 2 rings (SSSR count). The van der Waals surface area contributed by atoms with Gasteiger partial charge in [0.1, 0.15) is 11.9 Å². The molecular weight excluding hydrogens is 387 g/mol. The Morgan fingerprint density at radius 3 is 2.52 bits per heavy atom. The van der Waals surface area contributed by atoms with Gasteiger partial charge in [0, 0.05) is 24.7 Å². The highest BCUT2D eigenvalue weighted by Crippen LogP contribution is 2.27. The molecule has 1 saturated carbocycles. The van der Waals surface area contributed by atoms with Gasteiger partial charge in [-0.3, -0.25) is 9.59 Å². The Kier molecular flexibility index (Phi) is 8.87. The van der Waals surface area contributed by atoms with Gasteiger partial charge in [-0.15, -0.1) is 11.6 Å². The van der Waals surface area contributed by atoms with Gasteiger partial charge < -0.3 is 15.0 Å². The number of carbonyl (C=O) groups is 2. The first-order valence-electron chi connectivity index (χ1n) is 9.38. The van der Waals surface area contributed by atoms with Crippen LogP contribution in [-0.4, -0.2) is 48.9 Å². The molecule has 7 heteroatoms. The highest BCUT2D eigenvalue weighted by atomic mass is 35.5. The summed E-state index contributed by atoms with van der Waals surface area (Å²) < 4.78 is 5.13. The standard InChI is InChI=1S/C20H28Cl2N2O3/c1-14-5-3-4-6-17(14)23-20(26)19(15-7-9-16(22)10-8-15)24(11-12-27-2)18(25)13-21/h7-10,14,17,19H,3-6,11-13H2,1-2H3,(H,23,26). The summed E-state index contributed by atoms with van der Waals surface area (Å²) in [4.78, 5) is 27.2. The zero-order chi connectivity index (χ0) is 19.8. The summed E-state index contributed by atoms with van der Waals surface area (Å²) in [7, 11) is 1.56. The molecule has 0 spiro atoms. The maximum absolute atomic E-state index is 13.2. The van der Waals surface area contributed by atoms with Gasteiger partial charge in [0.05, 0.1) is 6.61 Å². The third kappa shape index (κ3) is 6.09.